The van der Waals surface area contributed by atoms with Crippen molar-refractivity contribution in [1.29, 1.82) is 0 Å². The van der Waals surface area contributed by atoms with Crippen LogP contribution in [0.3, 0.4) is 0 Å². The molecule has 3 rings (SSSR count). The fraction of sp³-hybridized carbons (Fsp3) is 0.280. The summed E-state index contributed by atoms with van der Waals surface area (Å²) < 4.78 is 6.57. The quantitative estimate of drug-likeness (QED) is 0.566. The zero-order valence-electron chi connectivity index (χ0n) is 16.2. The van der Waals surface area contributed by atoms with Crippen LogP contribution in [0.4, 0.5) is 0 Å². The number of aryl methyl sites for hydroxylation is 2. The molecule has 0 bridgehead atoms. The molecule has 0 saturated heterocycles. The lowest BCUT2D eigenvalue weighted by Crippen LogP contribution is -2.36. The molecular formula is C25H28O2. The molecule has 0 aromatic heterocycles. The molecule has 3 aromatic rings. The summed E-state index contributed by atoms with van der Waals surface area (Å²) in [5, 5.41) is 9.60. The monoisotopic (exact) mass is 360 g/mol. The van der Waals surface area contributed by atoms with E-state index in [0.29, 0.717) is 0 Å². The highest BCUT2D eigenvalue weighted by molar-refractivity contribution is 5.53. The van der Waals surface area contributed by atoms with E-state index in [1.165, 1.54) is 11.1 Å². The highest BCUT2D eigenvalue weighted by atomic mass is 16.5. The first-order chi connectivity index (χ1) is 13.3. The Hall–Kier alpha value is -2.42. The van der Waals surface area contributed by atoms with Gasteiger partial charge >= 0.3 is 0 Å². The molecule has 140 valence electrons. The maximum Gasteiger partial charge on any atom is 0.144 e. The lowest BCUT2D eigenvalue weighted by atomic mass is 9.75. The zero-order valence-corrected chi connectivity index (χ0v) is 16.2. The minimum Gasteiger partial charge on any atom is -0.394 e. The van der Waals surface area contributed by atoms with E-state index in [9.17, 15) is 5.11 Å². The Morgan fingerprint density at radius 1 is 0.704 bits per heavy atom. The minimum atomic E-state index is -0.747. The van der Waals surface area contributed by atoms with Crippen LogP contribution in [0.5, 0.6) is 0 Å². The molecule has 27 heavy (non-hydrogen) atoms. The Kier molecular flexibility index (Phi) is 6.44. The van der Waals surface area contributed by atoms with E-state index in [2.05, 4.69) is 86.6 Å². The average Bonchev–Trinajstić information content (AvgIpc) is 2.75. The third-order valence-corrected chi connectivity index (χ3v) is 5.15. The molecule has 0 radical (unpaired) electrons. The van der Waals surface area contributed by atoms with Gasteiger partial charge in [0.15, 0.2) is 0 Å². The summed E-state index contributed by atoms with van der Waals surface area (Å²) in [5.41, 5.74) is 5.14. The molecule has 2 nitrogen and oxygen atoms in total. The first-order valence-electron chi connectivity index (χ1n) is 9.75. The van der Waals surface area contributed by atoms with Crippen molar-refractivity contribution in [3.63, 3.8) is 0 Å². The number of hydrogen-bond donors (Lipinski definition) is 1. The molecule has 0 atom stereocenters. The average molecular weight is 360 g/mol. The van der Waals surface area contributed by atoms with Crippen molar-refractivity contribution in [2.45, 2.75) is 32.3 Å². The van der Waals surface area contributed by atoms with Gasteiger partial charge in [0.1, 0.15) is 5.60 Å². The van der Waals surface area contributed by atoms with Crippen molar-refractivity contribution >= 4 is 0 Å². The number of benzene rings is 3. The number of aliphatic hydroxyl groups is 1. The smallest absolute Gasteiger partial charge is 0.144 e. The van der Waals surface area contributed by atoms with E-state index < -0.39 is 5.60 Å². The van der Waals surface area contributed by atoms with Gasteiger partial charge in [-0.05, 0) is 40.7 Å². The van der Waals surface area contributed by atoms with Gasteiger partial charge in [-0.15, -0.1) is 0 Å². The predicted octanol–water partition coefficient (Wildman–Crippen LogP) is 5.11. The van der Waals surface area contributed by atoms with Crippen LogP contribution in [0.15, 0.2) is 78.9 Å². The summed E-state index contributed by atoms with van der Waals surface area (Å²) >= 11 is 0. The van der Waals surface area contributed by atoms with Crippen LogP contribution in [0, 0.1) is 0 Å². The Morgan fingerprint density at radius 3 is 1.67 bits per heavy atom. The highest BCUT2D eigenvalue weighted by Gasteiger charge is 2.40. The predicted molar refractivity (Wildman–Crippen MR) is 111 cm³/mol. The third-order valence-electron chi connectivity index (χ3n) is 5.15. The Morgan fingerprint density at radius 2 is 1.19 bits per heavy atom. The molecule has 0 fully saturated rings. The van der Waals surface area contributed by atoms with Crippen LogP contribution < -0.4 is 0 Å². The summed E-state index contributed by atoms with van der Waals surface area (Å²) in [7, 11) is 0. The zero-order chi connectivity index (χ0) is 19.1. The van der Waals surface area contributed by atoms with Crippen LogP contribution in [-0.2, 0) is 23.2 Å². The standard InChI is InChI=1S/C25H28O2/c1-3-20-12-8-10-16-23(20)25(27-19-18-26,22-14-6-5-7-15-22)24-17-11-9-13-21(24)4-2/h5-17,26H,3-4,18-19H2,1-2H3. The topological polar surface area (TPSA) is 29.5 Å². The molecule has 0 saturated carbocycles. The molecular weight excluding hydrogens is 332 g/mol. The van der Waals surface area contributed by atoms with Crippen LogP contribution in [0.1, 0.15) is 41.7 Å². The van der Waals surface area contributed by atoms with Crippen LogP contribution in [-0.4, -0.2) is 18.3 Å². The minimum absolute atomic E-state index is 0.0167. The summed E-state index contributed by atoms with van der Waals surface area (Å²) in [6, 6.07) is 27.3. The Balaban J connectivity index is 2.39. The Bertz CT molecular complexity index is 807. The second-order valence-electron chi connectivity index (χ2n) is 6.64. The van der Waals surface area contributed by atoms with Gasteiger partial charge in [0.25, 0.3) is 0 Å². The van der Waals surface area contributed by atoms with E-state index >= 15 is 0 Å². The first kappa shape index (κ1) is 19.3. The van der Waals surface area contributed by atoms with Crippen molar-refractivity contribution in [2.75, 3.05) is 13.2 Å². The molecule has 0 aliphatic carbocycles. The van der Waals surface area contributed by atoms with Gasteiger partial charge in [0.05, 0.1) is 13.2 Å². The lowest BCUT2D eigenvalue weighted by Gasteiger charge is -2.38. The van der Waals surface area contributed by atoms with Crippen LogP contribution >= 0.6 is 0 Å². The molecule has 0 heterocycles. The van der Waals surface area contributed by atoms with E-state index in [0.717, 1.165) is 29.5 Å². The van der Waals surface area contributed by atoms with Crippen LogP contribution in [0.25, 0.3) is 0 Å². The number of ether oxygens (including phenoxy) is 1. The van der Waals surface area contributed by atoms with Gasteiger partial charge < -0.3 is 9.84 Å². The normalized spacial score (nSPS) is 11.5. The second-order valence-corrected chi connectivity index (χ2v) is 6.64. The van der Waals surface area contributed by atoms with Gasteiger partial charge in [0, 0.05) is 0 Å². The van der Waals surface area contributed by atoms with Gasteiger partial charge in [-0.3, -0.25) is 0 Å². The summed E-state index contributed by atoms with van der Waals surface area (Å²) in [5.74, 6) is 0. The fourth-order valence-electron chi connectivity index (χ4n) is 3.91. The molecule has 0 aliphatic heterocycles. The maximum absolute atomic E-state index is 9.60. The van der Waals surface area contributed by atoms with Crippen molar-refractivity contribution in [1.82, 2.24) is 0 Å². The highest BCUT2D eigenvalue weighted by Crippen LogP contribution is 2.43. The molecule has 0 aliphatic rings. The molecule has 1 N–H and O–H groups in total. The largest absolute Gasteiger partial charge is 0.394 e. The first-order valence-corrected chi connectivity index (χ1v) is 9.75. The molecule has 0 spiro atoms. The van der Waals surface area contributed by atoms with Crippen molar-refractivity contribution < 1.29 is 9.84 Å². The maximum atomic E-state index is 9.60. The number of aliphatic hydroxyl groups excluding tert-OH is 1. The number of hydrogen-bond acceptors (Lipinski definition) is 2. The van der Waals surface area contributed by atoms with Gasteiger partial charge in [-0.2, -0.15) is 0 Å². The SMILES string of the molecule is CCc1ccccc1C(OCCO)(c1ccccc1)c1ccccc1CC. The van der Waals surface area contributed by atoms with Crippen molar-refractivity contribution in [2.24, 2.45) is 0 Å². The fourth-order valence-corrected chi connectivity index (χ4v) is 3.91. The summed E-state index contributed by atoms with van der Waals surface area (Å²) in [6.07, 6.45) is 1.84. The van der Waals surface area contributed by atoms with E-state index in [1.54, 1.807) is 0 Å². The summed E-state index contributed by atoms with van der Waals surface area (Å²) in [4.78, 5) is 0. The molecule has 0 amide bonds. The number of rotatable bonds is 8. The van der Waals surface area contributed by atoms with Gasteiger partial charge in [-0.25, -0.2) is 0 Å². The van der Waals surface area contributed by atoms with E-state index in [1.807, 2.05) is 6.07 Å². The van der Waals surface area contributed by atoms with E-state index in [-0.39, 0.29) is 13.2 Å². The molecule has 2 heteroatoms. The van der Waals surface area contributed by atoms with Crippen LogP contribution in [0.2, 0.25) is 0 Å². The molecule has 0 unspecified atom stereocenters. The summed E-state index contributed by atoms with van der Waals surface area (Å²) in [6.45, 7) is 4.60. The van der Waals surface area contributed by atoms with Gasteiger partial charge in [0.2, 0.25) is 0 Å². The molecule has 3 aromatic carbocycles. The van der Waals surface area contributed by atoms with Crippen molar-refractivity contribution in [3.05, 3.63) is 107 Å². The third kappa shape index (κ3) is 3.69. The second kappa shape index (κ2) is 8.98. The van der Waals surface area contributed by atoms with Crippen molar-refractivity contribution in [3.8, 4) is 0 Å². The Labute approximate surface area is 162 Å². The lowest BCUT2D eigenvalue weighted by molar-refractivity contribution is -0.00741. The van der Waals surface area contributed by atoms with E-state index in [4.69, 9.17) is 4.74 Å². The van der Waals surface area contributed by atoms with Gasteiger partial charge in [-0.1, -0.05) is 92.7 Å².